The number of hydrogen-bond acceptors (Lipinski definition) is 5. The second-order valence-electron chi connectivity index (χ2n) is 6.76. The number of ether oxygens (including phenoxy) is 1. The van der Waals surface area contributed by atoms with Crippen molar-refractivity contribution in [1.29, 1.82) is 0 Å². The van der Waals surface area contributed by atoms with Gasteiger partial charge in [0.2, 0.25) is 5.91 Å². The number of aliphatic carboxylic acids is 1. The van der Waals surface area contributed by atoms with Gasteiger partial charge in [0.1, 0.15) is 6.10 Å². The first-order chi connectivity index (χ1) is 14.5. The number of hydrogen-bond donors (Lipinski definition) is 3. The normalized spacial score (nSPS) is 17.9. The number of nitrogens with one attached hydrogen (secondary N) is 1. The SMILES string of the molecule is CC[C@H](C)[C@H](N)C(=O)Nc1ccccc1/C=C/[C@H]1CC=CC(=O)O1.O=C(O)C(F)(F)F. The van der Waals surface area contributed by atoms with Gasteiger partial charge in [-0.05, 0) is 23.6 Å². The molecule has 0 aromatic heterocycles. The number of esters is 1. The molecule has 2 rings (SSSR count). The van der Waals surface area contributed by atoms with Gasteiger partial charge in [0, 0.05) is 18.2 Å². The van der Waals surface area contributed by atoms with E-state index in [1.807, 2.05) is 50.3 Å². The molecule has 1 aliphatic heterocycles. The lowest BCUT2D eigenvalue weighted by Gasteiger charge is -2.19. The number of carbonyl (C=O) groups excluding carboxylic acids is 2. The van der Waals surface area contributed by atoms with Gasteiger partial charge in [-0.1, -0.05) is 50.6 Å². The molecule has 0 bridgehead atoms. The Morgan fingerprint density at radius 3 is 2.52 bits per heavy atom. The third-order valence-corrected chi connectivity index (χ3v) is 4.40. The lowest BCUT2D eigenvalue weighted by Crippen LogP contribution is -2.40. The van der Waals surface area contributed by atoms with Crippen molar-refractivity contribution in [3.63, 3.8) is 0 Å². The average Bonchev–Trinajstić information content (AvgIpc) is 2.71. The van der Waals surface area contributed by atoms with Gasteiger partial charge in [-0.3, -0.25) is 4.79 Å². The third kappa shape index (κ3) is 9.04. The van der Waals surface area contributed by atoms with Crippen LogP contribution in [0.3, 0.4) is 0 Å². The van der Waals surface area contributed by atoms with Crippen molar-refractivity contribution in [2.75, 3.05) is 5.32 Å². The summed E-state index contributed by atoms with van der Waals surface area (Å²) >= 11 is 0. The highest BCUT2D eigenvalue weighted by atomic mass is 19.4. The van der Waals surface area contributed by atoms with Gasteiger partial charge in [0.15, 0.2) is 0 Å². The standard InChI is InChI=1S/C19H24N2O3.C2HF3O2/c1-3-13(2)18(20)19(23)21-16-9-5-4-7-14(16)11-12-15-8-6-10-17(22)24-15;3-2(4,5)1(6)7/h4-7,9-13,15,18H,3,8,20H2,1-2H3,(H,21,23);(H,6,7)/b12-11+;/t13-,15+,18-;/m0./s1. The van der Waals surface area contributed by atoms with E-state index in [0.29, 0.717) is 12.1 Å². The zero-order valence-electron chi connectivity index (χ0n) is 17.1. The molecule has 0 saturated carbocycles. The fourth-order valence-corrected chi connectivity index (χ4v) is 2.35. The smallest absolute Gasteiger partial charge is 0.475 e. The lowest BCUT2D eigenvalue weighted by atomic mass is 9.99. The zero-order chi connectivity index (χ0) is 23.6. The predicted molar refractivity (Wildman–Crippen MR) is 109 cm³/mol. The highest BCUT2D eigenvalue weighted by molar-refractivity contribution is 5.96. The summed E-state index contributed by atoms with van der Waals surface area (Å²) in [5.74, 6) is -3.18. The lowest BCUT2D eigenvalue weighted by molar-refractivity contribution is -0.192. The van der Waals surface area contributed by atoms with Gasteiger partial charge >= 0.3 is 18.1 Å². The maximum atomic E-state index is 12.3. The molecule has 0 fully saturated rings. The first-order valence-corrected chi connectivity index (χ1v) is 9.46. The summed E-state index contributed by atoms with van der Waals surface area (Å²) in [6.45, 7) is 3.97. The average molecular weight is 442 g/mol. The summed E-state index contributed by atoms with van der Waals surface area (Å²) in [5.41, 5.74) is 7.51. The van der Waals surface area contributed by atoms with E-state index in [2.05, 4.69) is 5.32 Å². The molecule has 0 spiro atoms. The molecule has 3 atom stereocenters. The number of carboxylic acids is 1. The minimum absolute atomic E-state index is 0.112. The van der Waals surface area contributed by atoms with E-state index in [4.69, 9.17) is 20.4 Å². The summed E-state index contributed by atoms with van der Waals surface area (Å²) < 4.78 is 36.9. The van der Waals surface area contributed by atoms with Crippen molar-refractivity contribution in [3.05, 3.63) is 48.1 Å². The van der Waals surface area contributed by atoms with Crippen molar-refractivity contribution < 1.29 is 37.4 Å². The van der Waals surface area contributed by atoms with Gasteiger partial charge in [0.25, 0.3) is 0 Å². The summed E-state index contributed by atoms with van der Waals surface area (Å²) in [6, 6.07) is 6.91. The monoisotopic (exact) mass is 442 g/mol. The molecule has 7 nitrogen and oxygen atoms in total. The van der Waals surface area contributed by atoms with E-state index in [1.54, 1.807) is 6.08 Å². The Bertz CT molecular complexity index is 837. The van der Waals surface area contributed by atoms with E-state index in [-0.39, 0.29) is 23.9 Å². The largest absolute Gasteiger partial charge is 0.490 e. The van der Waals surface area contributed by atoms with Crippen molar-refractivity contribution in [1.82, 2.24) is 0 Å². The van der Waals surface area contributed by atoms with Gasteiger partial charge in [0.05, 0.1) is 6.04 Å². The Morgan fingerprint density at radius 2 is 1.97 bits per heavy atom. The van der Waals surface area contributed by atoms with Crippen LogP contribution in [-0.4, -0.2) is 41.3 Å². The van der Waals surface area contributed by atoms with Crippen LogP contribution in [0.5, 0.6) is 0 Å². The first-order valence-electron chi connectivity index (χ1n) is 9.46. The highest BCUT2D eigenvalue weighted by Gasteiger charge is 2.38. The Kier molecular flexibility index (Phi) is 9.94. The zero-order valence-corrected chi connectivity index (χ0v) is 17.1. The van der Waals surface area contributed by atoms with Crippen LogP contribution in [0, 0.1) is 5.92 Å². The molecule has 1 aliphatic rings. The van der Waals surface area contributed by atoms with Crippen LogP contribution >= 0.6 is 0 Å². The van der Waals surface area contributed by atoms with Crippen molar-refractivity contribution in [3.8, 4) is 0 Å². The second kappa shape index (κ2) is 11.9. The number of rotatable bonds is 6. The Balaban J connectivity index is 0.000000592. The fourth-order valence-electron chi connectivity index (χ4n) is 2.35. The molecule has 1 aromatic rings. The molecular weight excluding hydrogens is 417 g/mol. The van der Waals surface area contributed by atoms with Crippen LogP contribution < -0.4 is 11.1 Å². The number of alkyl halides is 3. The van der Waals surface area contributed by atoms with Crippen LogP contribution in [0.15, 0.2) is 42.5 Å². The number of cyclic esters (lactones) is 1. The van der Waals surface area contributed by atoms with Crippen LogP contribution in [-0.2, 0) is 19.1 Å². The summed E-state index contributed by atoms with van der Waals surface area (Å²) in [4.78, 5) is 32.4. The molecule has 1 heterocycles. The quantitative estimate of drug-likeness (QED) is 0.580. The Hall–Kier alpha value is -3.14. The number of amides is 1. The number of carbonyl (C=O) groups is 3. The van der Waals surface area contributed by atoms with Crippen LogP contribution in [0.25, 0.3) is 6.08 Å². The maximum absolute atomic E-state index is 12.3. The van der Waals surface area contributed by atoms with E-state index in [0.717, 1.165) is 12.0 Å². The molecule has 0 radical (unpaired) electrons. The van der Waals surface area contributed by atoms with E-state index in [9.17, 15) is 22.8 Å². The number of carboxylic acid groups (broad SMARTS) is 1. The third-order valence-electron chi connectivity index (χ3n) is 4.40. The number of halogens is 3. The first kappa shape index (κ1) is 25.9. The fraction of sp³-hybridized carbons (Fsp3) is 0.381. The molecule has 170 valence electrons. The summed E-state index contributed by atoms with van der Waals surface area (Å²) in [5, 5.41) is 10.0. The van der Waals surface area contributed by atoms with Crippen molar-refractivity contribution in [2.45, 2.75) is 45.0 Å². The summed E-state index contributed by atoms with van der Waals surface area (Å²) in [7, 11) is 0. The van der Waals surface area contributed by atoms with E-state index in [1.165, 1.54) is 6.08 Å². The summed E-state index contributed by atoms with van der Waals surface area (Å²) in [6.07, 6.45) is 3.01. The van der Waals surface area contributed by atoms with Gasteiger partial charge in [-0.15, -0.1) is 0 Å². The highest BCUT2D eigenvalue weighted by Crippen LogP contribution is 2.20. The molecule has 1 aromatic carbocycles. The number of benzene rings is 1. The molecular formula is C21H25F3N2O5. The number of para-hydroxylation sites is 1. The van der Waals surface area contributed by atoms with Crippen LogP contribution in [0.2, 0.25) is 0 Å². The molecule has 0 aliphatic carbocycles. The van der Waals surface area contributed by atoms with E-state index >= 15 is 0 Å². The van der Waals surface area contributed by atoms with Gasteiger partial charge < -0.3 is 20.9 Å². The van der Waals surface area contributed by atoms with Crippen LogP contribution in [0.4, 0.5) is 18.9 Å². The molecule has 10 heteroatoms. The molecule has 4 N–H and O–H groups in total. The van der Waals surface area contributed by atoms with Gasteiger partial charge in [-0.25, -0.2) is 9.59 Å². The Morgan fingerprint density at radius 1 is 1.35 bits per heavy atom. The van der Waals surface area contributed by atoms with E-state index < -0.39 is 18.2 Å². The van der Waals surface area contributed by atoms with Crippen LogP contribution in [0.1, 0.15) is 32.3 Å². The molecule has 1 amide bonds. The Labute approximate surface area is 177 Å². The topological polar surface area (TPSA) is 119 Å². The molecule has 31 heavy (non-hydrogen) atoms. The predicted octanol–water partition coefficient (Wildman–Crippen LogP) is 3.52. The van der Waals surface area contributed by atoms with Gasteiger partial charge in [-0.2, -0.15) is 13.2 Å². The molecule has 0 saturated heterocycles. The minimum Gasteiger partial charge on any atom is -0.475 e. The second-order valence-corrected chi connectivity index (χ2v) is 6.76. The van der Waals surface area contributed by atoms with Crippen molar-refractivity contribution in [2.24, 2.45) is 11.7 Å². The number of nitrogens with two attached hydrogens (primary N) is 1. The molecule has 0 unspecified atom stereocenters. The maximum Gasteiger partial charge on any atom is 0.490 e. The van der Waals surface area contributed by atoms with Crippen molar-refractivity contribution >= 4 is 29.6 Å². The number of anilines is 1. The minimum atomic E-state index is -5.08.